The minimum Gasteiger partial charge on any atom is -0.396 e. The summed E-state index contributed by atoms with van der Waals surface area (Å²) in [6, 6.07) is 0.0741. The van der Waals surface area contributed by atoms with Crippen molar-refractivity contribution in [3.05, 3.63) is 0 Å². The zero-order valence-corrected chi connectivity index (χ0v) is 9.95. The third-order valence-corrected chi connectivity index (χ3v) is 2.34. The lowest BCUT2D eigenvalue weighted by Gasteiger charge is -2.21. The number of methoxy groups -OCH3 is 1. The quantitative estimate of drug-likeness (QED) is 0.595. The number of hydrogen-bond acceptors (Lipinski definition) is 3. The first-order valence-corrected chi connectivity index (χ1v) is 5.51. The third kappa shape index (κ3) is 7.33. The molecule has 0 saturated heterocycles. The van der Waals surface area contributed by atoms with Crippen molar-refractivity contribution in [2.45, 2.75) is 39.2 Å². The SMILES string of the molecule is COCCCC(=O)NC(CCO)C(C)C. The molecule has 0 fully saturated rings. The molecule has 0 bridgehead atoms. The van der Waals surface area contributed by atoms with Crippen LogP contribution in [0.15, 0.2) is 0 Å². The standard InChI is InChI=1S/C11H23NO3/c1-9(2)10(6-7-13)12-11(14)5-4-8-15-3/h9-10,13H,4-8H2,1-3H3,(H,12,14). The Hall–Kier alpha value is -0.610. The fourth-order valence-electron chi connectivity index (χ4n) is 1.37. The van der Waals surface area contributed by atoms with E-state index >= 15 is 0 Å². The molecular formula is C11H23NO3. The van der Waals surface area contributed by atoms with Crippen LogP contribution < -0.4 is 5.32 Å². The van der Waals surface area contributed by atoms with Gasteiger partial charge in [-0.1, -0.05) is 13.8 Å². The van der Waals surface area contributed by atoms with E-state index in [2.05, 4.69) is 5.32 Å². The van der Waals surface area contributed by atoms with Crippen molar-refractivity contribution >= 4 is 5.91 Å². The maximum atomic E-state index is 11.5. The van der Waals surface area contributed by atoms with Gasteiger partial charge in [-0.25, -0.2) is 0 Å². The summed E-state index contributed by atoms with van der Waals surface area (Å²) in [5.74, 6) is 0.391. The van der Waals surface area contributed by atoms with Gasteiger partial charge in [0.15, 0.2) is 0 Å². The van der Waals surface area contributed by atoms with E-state index in [1.807, 2.05) is 13.8 Å². The number of carbonyl (C=O) groups excluding carboxylic acids is 1. The molecule has 0 aliphatic rings. The first kappa shape index (κ1) is 14.4. The van der Waals surface area contributed by atoms with Crippen LogP contribution in [0.4, 0.5) is 0 Å². The minimum atomic E-state index is 0.0409. The highest BCUT2D eigenvalue weighted by Gasteiger charge is 2.14. The Bertz CT molecular complexity index is 171. The van der Waals surface area contributed by atoms with Gasteiger partial charge in [-0.3, -0.25) is 4.79 Å². The van der Waals surface area contributed by atoms with Crippen LogP contribution in [0.25, 0.3) is 0 Å². The van der Waals surface area contributed by atoms with Crippen molar-refractivity contribution < 1.29 is 14.6 Å². The molecule has 0 saturated carbocycles. The summed E-state index contributed by atoms with van der Waals surface area (Å²) < 4.78 is 4.87. The Morgan fingerprint density at radius 1 is 1.47 bits per heavy atom. The van der Waals surface area contributed by atoms with Gasteiger partial charge in [0.25, 0.3) is 0 Å². The second kappa shape index (κ2) is 8.68. The van der Waals surface area contributed by atoms with Gasteiger partial charge in [-0.15, -0.1) is 0 Å². The zero-order valence-electron chi connectivity index (χ0n) is 9.95. The Kier molecular flexibility index (Phi) is 8.33. The summed E-state index contributed by atoms with van der Waals surface area (Å²) in [6.07, 6.45) is 1.85. The summed E-state index contributed by atoms with van der Waals surface area (Å²) in [7, 11) is 1.63. The second-order valence-corrected chi connectivity index (χ2v) is 4.03. The summed E-state index contributed by atoms with van der Waals surface area (Å²) >= 11 is 0. The lowest BCUT2D eigenvalue weighted by molar-refractivity contribution is -0.122. The van der Waals surface area contributed by atoms with Crippen LogP contribution >= 0.6 is 0 Å². The normalized spacial score (nSPS) is 12.9. The third-order valence-electron chi connectivity index (χ3n) is 2.34. The van der Waals surface area contributed by atoms with Gasteiger partial charge in [0.05, 0.1) is 0 Å². The monoisotopic (exact) mass is 217 g/mol. The van der Waals surface area contributed by atoms with Gasteiger partial charge < -0.3 is 15.2 Å². The summed E-state index contributed by atoms with van der Waals surface area (Å²) in [6.45, 7) is 4.80. The number of rotatable bonds is 8. The predicted molar refractivity (Wildman–Crippen MR) is 59.6 cm³/mol. The molecule has 0 spiro atoms. The number of nitrogens with one attached hydrogen (secondary N) is 1. The van der Waals surface area contributed by atoms with Crippen LogP contribution in [0.2, 0.25) is 0 Å². The maximum Gasteiger partial charge on any atom is 0.220 e. The van der Waals surface area contributed by atoms with Gasteiger partial charge >= 0.3 is 0 Å². The van der Waals surface area contributed by atoms with Gasteiger partial charge in [-0.05, 0) is 18.8 Å². The highest BCUT2D eigenvalue weighted by Crippen LogP contribution is 2.06. The van der Waals surface area contributed by atoms with Crippen LogP contribution in [0.3, 0.4) is 0 Å². The molecule has 0 aliphatic heterocycles. The van der Waals surface area contributed by atoms with Crippen LogP contribution in [-0.2, 0) is 9.53 Å². The maximum absolute atomic E-state index is 11.5. The Morgan fingerprint density at radius 2 is 2.13 bits per heavy atom. The van der Waals surface area contributed by atoms with Crippen molar-refractivity contribution in [1.82, 2.24) is 5.32 Å². The van der Waals surface area contributed by atoms with Gasteiger partial charge in [0, 0.05) is 32.8 Å². The van der Waals surface area contributed by atoms with E-state index in [0.29, 0.717) is 25.4 Å². The molecule has 0 heterocycles. The number of aliphatic hydroxyl groups excluding tert-OH is 1. The number of carbonyl (C=O) groups is 1. The van der Waals surface area contributed by atoms with E-state index in [-0.39, 0.29) is 18.6 Å². The predicted octanol–water partition coefficient (Wildman–Crippen LogP) is 0.936. The largest absolute Gasteiger partial charge is 0.396 e. The topological polar surface area (TPSA) is 58.6 Å². The van der Waals surface area contributed by atoms with Gasteiger partial charge in [0.2, 0.25) is 5.91 Å². The van der Waals surface area contributed by atoms with Crippen molar-refractivity contribution in [2.75, 3.05) is 20.3 Å². The fourth-order valence-corrected chi connectivity index (χ4v) is 1.37. The second-order valence-electron chi connectivity index (χ2n) is 4.03. The van der Waals surface area contributed by atoms with Gasteiger partial charge in [-0.2, -0.15) is 0 Å². The Balaban J connectivity index is 3.78. The van der Waals surface area contributed by atoms with E-state index in [4.69, 9.17) is 9.84 Å². The van der Waals surface area contributed by atoms with E-state index in [1.165, 1.54) is 0 Å². The molecule has 0 aliphatic carbocycles. The molecular weight excluding hydrogens is 194 g/mol. The minimum absolute atomic E-state index is 0.0409. The van der Waals surface area contributed by atoms with Crippen molar-refractivity contribution in [3.63, 3.8) is 0 Å². The highest BCUT2D eigenvalue weighted by atomic mass is 16.5. The molecule has 0 aromatic heterocycles. The zero-order chi connectivity index (χ0) is 11.7. The van der Waals surface area contributed by atoms with Crippen LogP contribution in [0.1, 0.15) is 33.1 Å². The smallest absolute Gasteiger partial charge is 0.220 e. The Morgan fingerprint density at radius 3 is 2.60 bits per heavy atom. The number of amides is 1. The number of ether oxygens (including phenoxy) is 1. The lowest BCUT2D eigenvalue weighted by Crippen LogP contribution is -2.39. The molecule has 4 nitrogen and oxygen atoms in total. The summed E-state index contributed by atoms with van der Waals surface area (Å²) in [5.41, 5.74) is 0. The average molecular weight is 217 g/mol. The molecule has 90 valence electrons. The molecule has 4 heteroatoms. The lowest BCUT2D eigenvalue weighted by atomic mass is 10.0. The van der Waals surface area contributed by atoms with Gasteiger partial charge in [0.1, 0.15) is 0 Å². The first-order valence-electron chi connectivity index (χ1n) is 5.51. The summed E-state index contributed by atoms with van der Waals surface area (Å²) in [5, 5.41) is 11.8. The van der Waals surface area contributed by atoms with Crippen molar-refractivity contribution in [1.29, 1.82) is 0 Å². The molecule has 0 rings (SSSR count). The first-order chi connectivity index (χ1) is 7.11. The van der Waals surface area contributed by atoms with Crippen molar-refractivity contribution in [3.8, 4) is 0 Å². The van der Waals surface area contributed by atoms with E-state index in [0.717, 1.165) is 6.42 Å². The average Bonchev–Trinajstić information content (AvgIpc) is 2.17. The fraction of sp³-hybridized carbons (Fsp3) is 0.909. The number of hydrogen-bond donors (Lipinski definition) is 2. The molecule has 0 radical (unpaired) electrons. The molecule has 1 atom stereocenters. The summed E-state index contributed by atoms with van der Waals surface area (Å²) in [4.78, 5) is 11.5. The molecule has 15 heavy (non-hydrogen) atoms. The van der Waals surface area contributed by atoms with E-state index in [1.54, 1.807) is 7.11 Å². The van der Waals surface area contributed by atoms with E-state index < -0.39 is 0 Å². The Labute approximate surface area is 92.0 Å². The van der Waals surface area contributed by atoms with Crippen LogP contribution in [0, 0.1) is 5.92 Å². The van der Waals surface area contributed by atoms with Crippen molar-refractivity contribution in [2.24, 2.45) is 5.92 Å². The van der Waals surface area contributed by atoms with Crippen LogP contribution in [-0.4, -0.2) is 37.4 Å². The number of aliphatic hydroxyl groups is 1. The molecule has 1 unspecified atom stereocenters. The molecule has 0 aromatic carbocycles. The van der Waals surface area contributed by atoms with E-state index in [9.17, 15) is 4.79 Å². The molecule has 1 amide bonds. The highest BCUT2D eigenvalue weighted by molar-refractivity contribution is 5.76. The molecule has 0 aromatic rings. The van der Waals surface area contributed by atoms with Crippen LogP contribution in [0.5, 0.6) is 0 Å². The molecule has 2 N–H and O–H groups in total.